The smallest absolute Gasteiger partial charge is 0.213 e. The summed E-state index contributed by atoms with van der Waals surface area (Å²) in [5.74, 6) is 0.704. The van der Waals surface area contributed by atoms with E-state index >= 15 is 0 Å². The molecular weight excluding hydrogens is 226 g/mol. The van der Waals surface area contributed by atoms with Crippen molar-refractivity contribution < 1.29 is 4.74 Å². The van der Waals surface area contributed by atoms with Crippen LogP contribution < -0.4 is 10.1 Å². The molecule has 4 heteroatoms. The highest BCUT2D eigenvalue weighted by atomic mass is 16.5. The third-order valence-corrected chi connectivity index (χ3v) is 3.15. The molecule has 0 atom stereocenters. The monoisotopic (exact) mass is 251 g/mol. The fourth-order valence-electron chi connectivity index (χ4n) is 1.47. The summed E-state index contributed by atoms with van der Waals surface area (Å²) in [6.07, 6.45) is 0. The van der Waals surface area contributed by atoms with Crippen LogP contribution in [0.2, 0.25) is 0 Å². The Morgan fingerprint density at radius 2 is 2.00 bits per heavy atom. The summed E-state index contributed by atoms with van der Waals surface area (Å²) in [4.78, 5) is 6.56. The second-order valence-corrected chi connectivity index (χ2v) is 5.48. The molecule has 0 fully saturated rings. The Balaban J connectivity index is 2.73. The van der Waals surface area contributed by atoms with Gasteiger partial charge >= 0.3 is 0 Å². The Bertz CT molecular complexity index is 389. The molecule has 0 saturated heterocycles. The molecule has 0 aromatic carbocycles. The van der Waals surface area contributed by atoms with Crippen LogP contribution in [0.1, 0.15) is 25.1 Å². The lowest BCUT2D eigenvalue weighted by Crippen LogP contribution is -2.43. The van der Waals surface area contributed by atoms with Crippen LogP contribution in [-0.4, -0.2) is 43.2 Å². The van der Waals surface area contributed by atoms with Gasteiger partial charge in [-0.25, -0.2) is 4.98 Å². The summed E-state index contributed by atoms with van der Waals surface area (Å²) >= 11 is 0. The quantitative estimate of drug-likeness (QED) is 0.837. The summed E-state index contributed by atoms with van der Waals surface area (Å²) in [5.41, 5.74) is 2.18. The van der Waals surface area contributed by atoms with Gasteiger partial charge in [-0.2, -0.15) is 0 Å². The molecular formula is C14H25N3O. The second kappa shape index (κ2) is 6.16. The van der Waals surface area contributed by atoms with E-state index in [2.05, 4.69) is 49.2 Å². The van der Waals surface area contributed by atoms with Gasteiger partial charge in [0.1, 0.15) is 6.61 Å². The van der Waals surface area contributed by atoms with Gasteiger partial charge in [-0.3, -0.25) is 0 Å². The number of aromatic nitrogens is 1. The van der Waals surface area contributed by atoms with Gasteiger partial charge in [0.15, 0.2) is 0 Å². The van der Waals surface area contributed by atoms with Crippen molar-refractivity contribution >= 4 is 0 Å². The Hall–Kier alpha value is -1.13. The van der Waals surface area contributed by atoms with Crippen LogP contribution in [0.15, 0.2) is 12.1 Å². The maximum Gasteiger partial charge on any atom is 0.213 e. The van der Waals surface area contributed by atoms with E-state index in [4.69, 9.17) is 4.74 Å². The number of hydrogen-bond donors (Lipinski definition) is 1. The summed E-state index contributed by atoms with van der Waals surface area (Å²) in [6, 6.07) is 4.07. The Kier molecular flexibility index (Phi) is 5.11. The molecule has 1 aromatic rings. The second-order valence-electron chi connectivity index (χ2n) is 5.48. The first-order valence-corrected chi connectivity index (χ1v) is 6.27. The number of rotatable bonds is 6. The number of nitrogens with one attached hydrogen (secondary N) is 1. The van der Waals surface area contributed by atoms with E-state index < -0.39 is 0 Å². The number of hydrogen-bond acceptors (Lipinski definition) is 4. The van der Waals surface area contributed by atoms with Gasteiger partial charge in [-0.05, 0) is 53.5 Å². The van der Waals surface area contributed by atoms with Gasteiger partial charge in [0.2, 0.25) is 5.88 Å². The van der Waals surface area contributed by atoms with Crippen molar-refractivity contribution in [2.45, 2.75) is 32.9 Å². The molecule has 0 bridgehead atoms. The Morgan fingerprint density at radius 3 is 2.56 bits per heavy atom. The van der Waals surface area contributed by atoms with Gasteiger partial charge in [-0.1, -0.05) is 0 Å². The molecule has 0 aliphatic heterocycles. The zero-order valence-electron chi connectivity index (χ0n) is 12.4. The number of aryl methyl sites for hydroxylation is 1. The summed E-state index contributed by atoms with van der Waals surface area (Å²) in [6.45, 7) is 7.74. The fourth-order valence-corrected chi connectivity index (χ4v) is 1.47. The van der Waals surface area contributed by atoms with Gasteiger partial charge in [-0.15, -0.1) is 0 Å². The third kappa shape index (κ3) is 4.27. The zero-order chi connectivity index (χ0) is 13.8. The lowest BCUT2D eigenvalue weighted by atomic mass is 10.1. The minimum atomic E-state index is -0.00536. The van der Waals surface area contributed by atoms with Crippen LogP contribution in [0.25, 0.3) is 0 Å². The SMILES string of the molecule is CNCc1cc(C)nc(OCC(C)(C)N(C)C)c1. The highest BCUT2D eigenvalue weighted by Crippen LogP contribution is 2.16. The fraction of sp³-hybridized carbons (Fsp3) is 0.643. The minimum Gasteiger partial charge on any atom is -0.476 e. The van der Waals surface area contributed by atoms with Gasteiger partial charge < -0.3 is 15.0 Å². The van der Waals surface area contributed by atoms with Gasteiger partial charge in [0, 0.05) is 23.8 Å². The van der Waals surface area contributed by atoms with E-state index in [0.29, 0.717) is 12.5 Å². The third-order valence-electron chi connectivity index (χ3n) is 3.15. The molecule has 1 heterocycles. The molecule has 0 spiro atoms. The summed E-state index contributed by atoms with van der Waals surface area (Å²) in [5, 5.41) is 3.14. The van der Waals surface area contributed by atoms with E-state index in [-0.39, 0.29) is 5.54 Å². The topological polar surface area (TPSA) is 37.4 Å². The Labute approximate surface area is 110 Å². The van der Waals surface area contributed by atoms with E-state index in [1.54, 1.807) is 0 Å². The van der Waals surface area contributed by atoms with E-state index in [9.17, 15) is 0 Å². The number of ether oxygens (including phenoxy) is 1. The normalized spacial score (nSPS) is 11.9. The molecule has 0 saturated carbocycles. The molecule has 1 rings (SSSR count). The van der Waals surface area contributed by atoms with E-state index in [1.807, 2.05) is 20.0 Å². The summed E-state index contributed by atoms with van der Waals surface area (Å²) in [7, 11) is 6.05. The van der Waals surface area contributed by atoms with Crippen molar-refractivity contribution in [3.05, 3.63) is 23.4 Å². The number of likely N-dealkylation sites (N-methyl/N-ethyl adjacent to an activating group) is 1. The molecule has 1 aromatic heterocycles. The van der Waals surface area contributed by atoms with Crippen LogP contribution in [-0.2, 0) is 6.54 Å². The van der Waals surface area contributed by atoms with E-state index in [0.717, 1.165) is 12.2 Å². The van der Waals surface area contributed by atoms with E-state index in [1.165, 1.54) is 5.56 Å². The predicted octanol–water partition coefficient (Wildman–Crippen LogP) is 1.83. The van der Waals surface area contributed by atoms with Crippen molar-refractivity contribution in [1.82, 2.24) is 15.2 Å². The minimum absolute atomic E-state index is 0.00536. The van der Waals surface area contributed by atoms with Crippen molar-refractivity contribution in [2.24, 2.45) is 0 Å². The molecule has 0 unspecified atom stereocenters. The van der Waals surface area contributed by atoms with Crippen LogP contribution in [0.5, 0.6) is 5.88 Å². The first kappa shape index (κ1) is 14.9. The van der Waals surface area contributed by atoms with Gasteiger partial charge in [0.25, 0.3) is 0 Å². The largest absolute Gasteiger partial charge is 0.476 e. The first-order chi connectivity index (χ1) is 8.35. The number of pyridine rings is 1. The molecule has 18 heavy (non-hydrogen) atoms. The Morgan fingerprint density at radius 1 is 1.33 bits per heavy atom. The van der Waals surface area contributed by atoms with Crippen molar-refractivity contribution in [2.75, 3.05) is 27.7 Å². The molecule has 102 valence electrons. The van der Waals surface area contributed by atoms with Crippen LogP contribution in [0, 0.1) is 6.92 Å². The molecule has 0 aliphatic carbocycles. The molecule has 4 nitrogen and oxygen atoms in total. The molecule has 0 aliphatic rings. The average Bonchev–Trinajstić information content (AvgIpc) is 2.26. The maximum absolute atomic E-state index is 5.82. The first-order valence-electron chi connectivity index (χ1n) is 6.27. The molecule has 0 radical (unpaired) electrons. The molecule has 0 amide bonds. The zero-order valence-corrected chi connectivity index (χ0v) is 12.4. The maximum atomic E-state index is 5.82. The number of nitrogens with zero attached hydrogens (tertiary/aromatic N) is 2. The van der Waals surface area contributed by atoms with Crippen LogP contribution in [0.3, 0.4) is 0 Å². The van der Waals surface area contributed by atoms with Crippen molar-refractivity contribution in [1.29, 1.82) is 0 Å². The lowest BCUT2D eigenvalue weighted by molar-refractivity contribution is 0.111. The van der Waals surface area contributed by atoms with Crippen LogP contribution in [0.4, 0.5) is 0 Å². The van der Waals surface area contributed by atoms with Crippen molar-refractivity contribution in [3.63, 3.8) is 0 Å². The lowest BCUT2D eigenvalue weighted by Gasteiger charge is -2.31. The molecule has 1 N–H and O–H groups in total. The van der Waals surface area contributed by atoms with Gasteiger partial charge in [0.05, 0.1) is 0 Å². The summed E-state index contributed by atoms with van der Waals surface area (Å²) < 4.78 is 5.82. The van der Waals surface area contributed by atoms with Crippen molar-refractivity contribution in [3.8, 4) is 5.88 Å². The standard InChI is InChI=1S/C14H25N3O/c1-11-7-12(9-15-4)8-13(16-11)18-10-14(2,3)17(5)6/h7-8,15H,9-10H2,1-6H3. The predicted molar refractivity (Wildman–Crippen MR) is 75.0 cm³/mol. The highest BCUT2D eigenvalue weighted by Gasteiger charge is 2.21. The average molecular weight is 251 g/mol. The highest BCUT2D eigenvalue weighted by molar-refractivity contribution is 5.24. The van der Waals surface area contributed by atoms with Crippen LogP contribution >= 0.6 is 0 Å².